The molecular weight excluding hydrogens is 254 g/mol. The van der Waals surface area contributed by atoms with E-state index in [9.17, 15) is 0 Å². The van der Waals surface area contributed by atoms with Gasteiger partial charge in [0.1, 0.15) is 0 Å². The van der Waals surface area contributed by atoms with Crippen LogP contribution in [0.4, 0.5) is 0 Å². The third kappa shape index (κ3) is 5.14. The largest absolute Gasteiger partial charge is 0.311 e. The summed E-state index contributed by atoms with van der Waals surface area (Å²) in [5, 5.41) is 4.04. The summed E-state index contributed by atoms with van der Waals surface area (Å²) in [5.41, 5.74) is 1.54. The maximum Gasteiger partial charge on any atom is 0.0138 e. The lowest BCUT2D eigenvalue weighted by molar-refractivity contribution is 0.282. The first kappa shape index (κ1) is 16.5. The van der Waals surface area contributed by atoms with E-state index in [-0.39, 0.29) is 0 Å². The van der Waals surface area contributed by atoms with E-state index < -0.39 is 0 Å². The van der Waals surface area contributed by atoms with Crippen molar-refractivity contribution in [2.24, 2.45) is 0 Å². The summed E-state index contributed by atoms with van der Waals surface area (Å²) in [5.74, 6) is 0.723. The zero-order valence-electron chi connectivity index (χ0n) is 14.0. The van der Waals surface area contributed by atoms with Gasteiger partial charge in [-0.3, -0.25) is 0 Å². The van der Waals surface area contributed by atoms with Gasteiger partial charge in [0, 0.05) is 12.1 Å². The maximum atomic E-state index is 4.04. The van der Waals surface area contributed by atoms with E-state index in [2.05, 4.69) is 49.5 Å². The molecule has 0 radical (unpaired) electrons. The first-order valence-corrected chi connectivity index (χ1v) is 9.16. The van der Waals surface area contributed by atoms with Gasteiger partial charge in [-0.15, -0.1) is 0 Å². The van der Waals surface area contributed by atoms with Crippen LogP contribution in [0, 0.1) is 0 Å². The molecule has 3 unspecified atom stereocenters. The van der Waals surface area contributed by atoms with Crippen LogP contribution in [0.25, 0.3) is 0 Å². The molecule has 1 saturated carbocycles. The molecule has 1 N–H and O–H groups in total. The van der Waals surface area contributed by atoms with Crippen molar-refractivity contribution in [3.05, 3.63) is 35.9 Å². The van der Waals surface area contributed by atoms with Crippen molar-refractivity contribution in [2.45, 2.75) is 89.6 Å². The molecule has 0 heterocycles. The van der Waals surface area contributed by atoms with Crippen molar-refractivity contribution >= 4 is 0 Å². The Morgan fingerprint density at radius 2 is 1.76 bits per heavy atom. The van der Waals surface area contributed by atoms with E-state index in [1.165, 1.54) is 57.8 Å². The lowest BCUT2D eigenvalue weighted by Gasteiger charge is -2.36. The Morgan fingerprint density at radius 1 is 1.00 bits per heavy atom. The molecule has 0 amide bonds. The van der Waals surface area contributed by atoms with Gasteiger partial charge >= 0.3 is 0 Å². The molecule has 1 aliphatic carbocycles. The minimum atomic E-state index is 0.689. The summed E-state index contributed by atoms with van der Waals surface area (Å²) in [6.07, 6.45) is 12.2. The zero-order valence-corrected chi connectivity index (χ0v) is 14.0. The van der Waals surface area contributed by atoms with Gasteiger partial charge in [-0.05, 0) is 37.2 Å². The van der Waals surface area contributed by atoms with Crippen molar-refractivity contribution in [3.8, 4) is 0 Å². The molecule has 0 spiro atoms. The molecule has 1 nitrogen and oxygen atoms in total. The molecule has 2 rings (SSSR count). The molecule has 0 saturated heterocycles. The fourth-order valence-electron chi connectivity index (χ4n) is 3.84. The number of hydrogen-bond acceptors (Lipinski definition) is 1. The number of hydrogen-bond donors (Lipinski definition) is 1. The third-order valence-corrected chi connectivity index (χ3v) is 4.99. The first-order valence-electron chi connectivity index (χ1n) is 9.16. The van der Waals surface area contributed by atoms with Crippen LogP contribution in [-0.4, -0.2) is 12.1 Å². The van der Waals surface area contributed by atoms with E-state index in [0.29, 0.717) is 6.04 Å². The fourth-order valence-corrected chi connectivity index (χ4v) is 3.84. The lowest BCUT2D eigenvalue weighted by atomic mass is 9.79. The Hall–Kier alpha value is -0.820. The highest BCUT2D eigenvalue weighted by Gasteiger charge is 2.27. The lowest BCUT2D eigenvalue weighted by Crippen LogP contribution is -2.43. The Labute approximate surface area is 131 Å². The standard InChI is InChI=1S/C20H33N/c1-3-5-14-18(11-4-2)21-20-16-10-9-15-19(20)17-12-7-6-8-13-17/h6-8,12-13,18-21H,3-5,9-11,14-16H2,1-2H3. The van der Waals surface area contributed by atoms with Gasteiger partial charge in [0.25, 0.3) is 0 Å². The Kier molecular flexibility index (Phi) is 7.29. The Bertz CT molecular complexity index is 373. The topological polar surface area (TPSA) is 12.0 Å². The van der Waals surface area contributed by atoms with Crippen LogP contribution in [0.1, 0.15) is 83.1 Å². The van der Waals surface area contributed by atoms with Crippen molar-refractivity contribution in [3.63, 3.8) is 0 Å². The van der Waals surface area contributed by atoms with E-state index in [1.807, 2.05) is 0 Å². The number of unbranched alkanes of at least 4 members (excludes halogenated alkanes) is 1. The summed E-state index contributed by atoms with van der Waals surface area (Å²) in [7, 11) is 0. The highest BCUT2D eigenvalue weighted by Crippen LogP contribution is 2.33. The quantitative estimate of drug-likeness (QED) is 0.650. The van der Waals surface area contributed by atoms with Crippen molar-refractivity contribution in [1.29, 1.82) is 0 Å². The average Bonchev–Trinajstić information content (AvgIpc) is 2.54. The van der Waals surface area contributed by atoms with Crippen LogP contribution in [0.5, 0.6) is 0 Å². The summed E-state index contributed by atoms with van der Waals surface area (Å²) in [4.78, 5) is 0. The van der Waals surface area contributed by atoms with Gasteiger partial charge in [-0.1, -0.05) is 76.3 Å². The van der Waals surface area contributed by atoms with Gasteiger partial charge in [-0.25, -0.2) is 0 Å². The molecule has 1 aromatic rings. The molecule has 0 bridgehead atoms. The van der Waals surface area contributed by atoms with E-state index in [4.69, 9.17) is 0 Å². The summed E-state index contributed by atoms with van der Waals surface area (Å²) >= 11 is 0. The second-order valence-electron chi connectivity index (χ2n) is 6.70. The average molecular weight is 287 g/mol. The SMILES string of the molecule is CCCCC(CCC)NC1CCCCC1c1ccccc1. The van der Waals surface area contributed by atoms with Crippen LogP contribution in [0.3, 0.4) is 0 Å². The van der Waals surface area contributed by atoms with Gasteiger partial charge in [0.05, 0.1) is 0 Å². The van der Waals surface area contributed by atoms with Gasteiger partial charge in [-0.2, -0.15) is 0 Å². The predicted molar refractivity (Wildman–Crippen MR) is 92.8 cm³/mol. The highest BCUT2D eigenvalue weighted by molar-refractivity contribution is 5.22. The minimum absolute atomic E-state index is 0.689. The van der Waals surface area contributed by atoms with Crippen LogP contribution < -0.4 is 5.32 Å². The molecule has 1 aromatic carbocycles. The monoisotopic (exact) mass is 287 g/mol. The second kappa shape index (κ2) is 9.25. The molecular formula is C20H33N. The summed E-state index contributed by atoms with van der Waals surface area (Å²) in [6, 6.07) is 12.6. The second-order valence-corrected chi connectivity index (χ2v) is 6.70. The molecule has 0 aliphatic heterocycles. The van der Waals surface area contributed by atoms with Crippen molar-refractivity contribution in [1.82, 2.24) is 5.32 Å². The Morgan fingerprint density at radius 3 is 2.48 bits per heavy atom. The molecule has 1 heteroatoms. The molecule has 1 fully saturated rings. The van der Waals surface area contributed by atoms with E-state index in [1.54, 1.807) is 5.56 Å². The predicted octanol–water partition coefficient (Wildman–Crippen LogP) is 5.66. The van der Waals surface area contributed by atoms with Gasteiger partial charge in [0.2, 0.25) is 0 Å². The van der Waals surface area contributed by atoms with Gasteiger partial charge < -0.3 is 5.32 Å². The molecule has 118 valence electrons. The van der Waals surface area contributed by atoms with E-state index >= 15 is 0 Å². The van der Waals surface area contributed by atoms with Crippen molar-refractivity contribution in [2.75, 3.05) is 0 Å². The number of rotatable bonds is 8. The smallest absolute Gasteiger partial charge is 0.0138 e. The maximum absolute atomic E-state index is 4.04. The molecule has 0 aromatic heterocycles. The third-order valence-electron chi connectivity index (χ3n) is 4.99. The molecule has 21 heavy (non-hydrogen) atoms. The minimum Gasteiger partial charge on any atom is -0.311 e. The summed E-state index contributed by atoms with van der Waals surface area (Å²) < 4.78 is 0. The van der Waals surface area contributed by atoms with Crippen LogP contribution in [-0.2, 0) is 0 Å². The van der Waals surface area contributed by atoms with E-state index in [0.717, 1.165) is 12.0 Å². The molecule has 3 atom stereocenters. The normalized spacial score (nSPS) is 23.9. The highest BCUT2D eigenvalue weighted by atomic mass is 15.0. The Balaban J connectivity index is 2.00. The zero-order chi connectivity index (χ0) is 14.9. The molecule has 1 aliphatic rings. The summed E-state index contributed by atoms with van der Waals surface area (Å²) in [6.45, 7) is 4.62. The number of benzene rings is 1. The van der Waals surface area contributed by atoms with Crippen LogP contribution >= 0.6 is 0 Å². The van der Waals surface area contributed by atoms with Crippen molar-refractivity contribution < 1.29 is 0 Å². The number of nitrogens with one attached hydrogen (secondary N) is 1. The first-order chi connectivity index (χ1) is 10.3. The van der Waals surface area contributed by atoms with Crippen LogP contribution in [0.2, 0.25) is 0 Å². The fraction of sp³-hybridized carbons (Fsp3) is 0.700. The van der Waals surface area contributed by atoms with Crippen LogP contribution in [0.15, 0.2) is 30.3 Å². The van der Waals surface area contributed by atoms with Gasteiger partial charge in [0.15, 0.2) is 0 Å².